The molecule has 1 saturated carbocycles. The summed E-state index contributed by atoms with van der Waals surface area (Å²) in [7, 11) is 0. The highest BCUT2D eigenvalue weighted by molar-refractivity contribution is 5.53. The summed E-state index contributed by atoms with van der Waals surface area (Å²) in [5.74, 6) is 2.34. The van der Waals surface area contributed by atoms with Gasteiger partial charge in [-0.25, -0.2) is 0 Å². The van der Waals surface area contributed by atoms with Crippen molar-refractivity contribution < 1.29 is 4.74 Å². The van der Waals surface area contributed by atoms with Crippen molar-refractivity contribution in [2.24, 2.45) is 5.92 Å². The number of rotatable bonds is 6. The fourth-order valence-corrected chi connectivity index (χ4v) is 3.00. The molecule has 1 aliphatic carbocycles. The maximum Gasteiger partial charge on any atom is 0.239 e. The number of hydrogen-bond donors (Lipinski definition) is 2. The van der Waals surface area contributed by atoms with Crippen LogP contribution in [0.5, 0.6) is 5.88 Å². The summed E-state index contributed by atoms with van der Waals surface area (Å²) in [6.07, 6.45) is 7.82. The number of hydrogen-bond acceptors (Lipinski definition) is 4. The summed E-state index contributed by atoms with van der Waals surface area (Å²) in [5.41, 5.74) is 6.45. The summed E-state index contributed by atoms with van der Waals surface area (Å²) in [6.45, 7) is 4.80. The fourth-order valence-electron chi connectivity index (χ4n) is 3.00. The number of nitrogens with one attached hydrogen (secondary N) is 1. The third-order valence-electron chi connectivity index (χ3n) is 4.07. The van der Waals surface area contributed by atoms with Crippen LogP contribution >= 0.6 is 0 Å². The largest absolute Gasteiger partial charge is 0.476 e. The Morgan fingerprint density at radius 2 is 2.00 bits per heavy atom. The number of anilines is 2. The third kappa shape index (κ3) is 4.02. The molecule has 20 heavy (non-hydrogen) atoms. The number of aromatic nitrogens is 1. The molecule has 1 aromatic heterocycles. The molecular formula is C16H27N3O. The molecule has 1 aromatic rings. The van der Waals surface area contributed by atoms with E-state index < -0.39 is 0 Å². The van der Waals surface area contributed by atoms with Gasteiger partial charge in [0.25, 0.3) is 0 Å². The Bertz CT molecular complexity index is 414. The van der Waals surface area contributed by atoms with E-state index in [-0.39, 0.29) is 0 Å². The van der Waals surface area contributed by atoms with Gasteiger partial charge in [0.15, 0.2) is 0 Å². The predicted molar refractivity (Wildman–Crippen MR) is 84.1 cm³/mol. The lowest BCUT2D eigenvalue weighted by Crippen LogP contribution is -2.26. The van der Waals surface area contributed by atoms with E-state index in [1.165, 1.54) is 38.5 Å². The monoisotopic (exact) mass is 277 g/mol. The summed E-state index contributed by atoms with van der Waals surface area (Å²) in [4.78, 5) is 4.45. The first-order valence-electron chi connectivity index (χ1n) is 7.88. The zero-order valence-corrected chi connectivity index (χ0v) is 12.7. The highest BCUT2D eigenvalue weighted by atomic mass is 16.5. The predicted octanol–water partition coefficient (Wildman–Crippen LogP) is 3.83. The van der Waals surface area contributed by atoms with Crippen molar-refractivity contribution in [2.45, 2.75) is 58.4 Å². The summed E-state index contributed by atoms with van der Waals surface area (Å²) in [6, 6.07) is 4.34. The Balaban J connectivity index is 1.89. The molecular weight excluding hydrogens is 250 g/mol. The highest BCUT2D eigenvalue weighted by Gasteiger charge is 2.20. The lowest BCUT2D eigenvalue weighted by molar-refractivity contribution is 0.317. The molecule has 112 valence electrons. The molecule has 0 amide bonds. The molecule has 0 unspecified atom stereocenters. The van der Waals surface area contributed by atoms with E-state index in [9.17, 15) is 0 Å². The average Bonchev–Trinajstić information content (AvgIpc) is 2.45. The van der Waals surface area contributed by atoms with E-state index >= 15 is 0 Å². The van der Waals surface area contributed by atoms with Gasteiger partial charge in [0.2, 0.25) is 5.88 Å². The Morgan fingerprint density at radius 1 is 1.25 bits per heavy atom. The van der Waals surface area contributed by atoms with E-state index in [4.69, 9.17) is 10.5 Å². The molecule has 4 heteroatoms. The van der Waals surface area contributed by atoms with Crippen LogP contribution in [0.15, 0.2) is 12.1 Å². The van der Waals surface area contributed by atoms with Crippen LogP contribution < -0.4 is 15.8 Å². The van der Waals surface area contributed by atoms with Crippen LogP contribution in [0.25, 0.3) is 0 Å². The Labute approximate surface area is 122 Å². The van der Waals surface area contributed by atoms with Gasteiger partial charge in [-0.05, 0) is 50.7 Å². The number of pyridine rings is 1. The zero-order chi connectivity index (χ0) is 14.4. The van der Waals surface area contributed by atoms with E-state index in [0.717, 1.165) is 11.7 Å². The highest BCUT2D eigenvalue weighted by Crippen LogP contribution is 2.30. The molecule has 0 aliphatic heterocycles. The van der Waals surface area contributed by atoms with Gasteiger partial charge >= 0.3 is 0 Å². The van der Waals surface area contributed by atoms with Crippen molar-refractivity contribution in [3.63, 3.8) is 0 Å². The molecule has 1 heterocycles. The molecule has 1 fully saturated rings. The molecule has 1 aliphatic rings. The quantitative estimate of drug-likeness (QED) is 0.829. The second-order valence-electron chi connectivity index (χ2n) is 5.67. The van der Waals surface area contributed by atoms with Gasteiger partial charge in [-0.15, -0.1) is 0 Å². The first-order chi connectivity index (χ1) is 9.72. The van der Waals surface area contributed by atoms with Crippen LogP contribution in [0.1, 0.15) is 52.4 Å². The first kappa shape index (κ1) is 14.9. The average molecular weight is 277 g/mol. The lowest BCUT2D eigenvalue weighted by Gasteiger charge is -2.29. The van der Waals surface area contributed by atoms with E-state index in [0.29, 0.717) is 24.2 Å². The summed E-state index contributed by atoms with van der Waals surface area (Å²) in [5, 5.41) is 3.52. The van der Waals surface area contributed by atoms with Crippen LogP contribution in [0, 0.1) is 5.92 Å². The molecule has 0 atom stereocenters. The second kappa shape index (κ2) is 7.36. The van der Waals surface area contributed by atoms with E-state index in [1.54, 1.807) is 0 Å². The maximum atomic E-state index is 5.84. The van der Waals surface area contributed by atoms with Crippen molar-refractivity contribution in [3.8, 4) is 5.88 Å². The molecule has 0 radical (unpaired) electrons. The van der Waals surface area contributed by atoms with Gasteiger partial charge in [-0.3, -0.25) is 0 Å². The van der Waals surface area contributed by atoms with Crippen molar-refractivity contribution in [3.05, 3.63) is 12.1 Å². The zero-order valence-electron chi connectivity index (χ0n) is 12.7. The third-order valence-corrected chi connectivity index (χ3v) is 4.07. The van der Waals surface area contributed by atoms with Crippen LogP contribution in [-0.2, 0) is 0 Å². The minimum Gasteiger partial charge on any atom is -0.476 e. The SMILES string of the molecule is CCCC1CCC(Nc2ccc(N)c(OCC)n2)CC1. The maximum absolute atomic E-state index is 5.84. The Kier molecular flexibility index (Phi) is 5.50. The standard InChI is InChI=1S/C16H27N3O/c1-3-5-12-6-8-13(9-7-12)18-15-11-10-14(17)16(19-15)20-4-2/h10-13H,3-9,17H2,1-2H3,(H,18,19). The van der Waals surface area contributed by atoms with Crippen LogP contribution in [0.4, 0.5) is 11.5 Å². The Hall–Kier alpha value is -1.45. The Morgan fingerprint density at radius 3 is 2.65 bits per heavy atom. The molecule has 0 aromatic carbocycles. The fraction of sp³-hybridized carbons (Fsp3) is 0.688. The number of nitrogens with two attached hydrogens (primary N) is 1. The van der Waals surface area contributed by atoms with Crippen molar-refractivity contribution in [1.82, 2.24) is 4.98 Å². The topological polar surface area (TPSA) is 60.2 Å². The summed E-state index contributed by atoms with van der Waals surface area (Å²) >= 11 is 0. The molecule has 3 N–H and O–H groups in total. The van der Waals surface area contributed by atoms with Crippen LogP contribution in [-0.4, -0.2) is 17.6 Å². The lowest BCUT2D eigenvalue weighted by atomic mass is 9.83. The summed E-state index contributed by atoms with van der Waals surface area (Å²) < 4.78 is 5.44. The smallest absolute Gasteiger partial charge is 0.239 e. The molecule has 0 bridgehead atoms. The first-order valence-corrected chi connectivity index (χ1v) is 7.88. The van der Waals surface area contributed by atoms with Gasteiger partial charge in [0.05, 0.1) is 12.3 Å². The number of ether oxygens (including phenoxy) is 1. The van der Waals surface area contributed by atoms with Crippen LogP contribution in [0.2, 0.25) is 0 Å². The van der Waals surface area contributed by atoms with Crippen molar-refractivity contribution in [1.29, 1.82) is 0 Å². The van der Waals surface area contributed by atoms with E-state index in [1.807, 2.05) is 19.1 Å². The van der Waals surface area contributed by atoms with E-state index in [2.05, 4.69) is 17.2 Å². The molecule has 0 spiro atoms. The van der Waals surface area contributed by atoms with Crippen molar-refractivity contribution >= 4 is 11.5 Å². The number of nitrogen functional groups attached to an aromatic ring is 1. The minimum atomic E-state index is 0.536. The van der Waals surface area contributed by atoms with Crippen LogP contribution in [0.3, 0.4) is 0 Å². The van der Waals surface area contributed by atoms with Gasteiger partial charge in [-0.1, -0.05) is 19.8 Å². The molecule has 4 nitrogen and oxygen atoms in total. The number of nitrogens with zero attached hydrogens (tertiary/aromatic N) is 1. The second-order valence-corrected chi connectivity index (χ2v) is 5.67. The molecule has 0 saturated heterocycles. The molecule has 2 rings (SSSR count). The van der Waals surface area contributed by atoms with Gasteiger partial charge in [-0.2, -0.15) is 4.98 Å². The normalized spacial score (nSPS) is 22.5. The minimum absolute atomic E-state index is 0.536. The van der Waals surface area contributed by atoms with Gasteiger partial charge < -0.3 is 15.8 Å². The van der Waals surface area contributed by atoms with Gasteiger partial charge in [0.1, 0.15) is 5.82 Å². The van der Waals surface area contributed by atoms with Crippen molar-refractivity contribution in [2.75, 3.05) is 17.7 Å². The van der Waals surface area contributed by atoms with Gasteiger partial charge in [0, 0.05) is 6.04 Å².